The molecule has 1 aliphatic heterocycles. The third kappa shape index (κ3) is 4.78. The fourth-order valence-corrected chi connectivity index (χ4v) is 4.85. The summed E-state index contributed by atoms with van der Waals surface area (Å²) in [5, 5.41) is 0.120. The van der Waals surface area contributed by atoms with Crippen LogP contribution < -0.4 is 4.90 Å². The number of sulfonamides is 1. The first-order valence-electron chi connectivity index (χ1n) is 8.81. The van der Waals surface area contributed by atoms with E-state index in [-0.39, 0.29) is 22.5 Å². The minimum Gasteiger partial charge on any atom is -0.378 e. The molecule has 0 aliphatic carbocycles. The van der Waals surface area contributed by atoms with Gasteiger partial charge in [-0.25, -0.2) is 0 Å². The van der Waals surface area contributed by atoms with Gasteiger partial charge in [0, 0.05) is 26.3 Å². The monoisotopic (exact) mass is 427 g/mol. The fourth-order valence-electron chi connectivity index (χ4n) is 2.63. The highest BCUT2D eigenvalue weighted by molar-refractivity contribution is 8.19. The molecule has 0 spiro atoms. The number of anilines is 1. The third-order valence-corrected chi connectivity index (χ3v) is 6.55. The number of carbonyl (C=O) groups excluding carboxylic acids is 1. The van der Waals surface area contributed by atoms with Crippen LogP contribution in [0.2, 0.25) is 0 Å². The third-order valence-electron chi connectivity index (χ3n) is 4.15. The molecule has 0 atom stereocenters. The lowest BCUT2D eigenvalue weighted by molar-refractivity contribution is -0.121. The zero-order chi connectivity index (χ0) is 21.0. The Bertz CT molecular complexity index is 1070. The molecule has 3 rings (SSSR count). The van der Waals surface area contributed by atoms with Crippen LogP contribution in [0, 0.1) is 0 Å². The summed E-state index contributed by atoms with van der Waals surface area (Å²) in [5.74, 6) is -0.298. The number of rotatable bonds is 6. The largest absolute Gasteiger partial charge is 0.378 e. The van der Waals surface area contributed by atoms with Crippen LogP contribution in [0.4, 0.5) is 5.69 Å². The van der Waals surface area contributed by atoms with Crippen LogP contribution in [0.5, 0.6) is 0 Å². The molecule has 150 valence electrons. The van der Waals surface area contributed by atoms with Gasteiger partial charge >= 0.3 is 0 Å². The van der Waals surface area contributed by atoms with Crippen LogP contribution >= 0.6 is 11.8 Å². The Hall–Kier alpha value is -2.84. The lowest BCUT2D eigenvalue weighted by atomic mass is 10.2. The van der Waals surface area contributed by atoms with E-state index >= 15 is 0 Å². The smallest absolute Gasteiger partial charge is 0.284 e. The van der Waals surface area contributed by atoms with E-state index in [1.807, 2.05) is 43.3 Å². The van der Waals surface area contributed by atoms with E-state index in [2.05, 4.69) is 11.0 Å². The van der Waals surface area contributed by atoms with E-state index < -0.39 is 10.0 Å². The van der Waals surface area contributed by atoms with Crippen molar-refractivity contribution in [1.29, 1.82) is 0 Å². The first kappa shape index (κ1) is 20.9. The molecule has 0 N–H and O–H groups in total. The molecule has 1 saturated heterocycles. The molecule has 0 saturated carbocycles. The number of carbonyl (C=O) groups is 1. The van der Waals surface area contributed by atoms with E-state index in [1.54, 1.807) is 24.3 Å². The van der Waals surface area contributed by atoms with Gasteiger partial charge in [-0.15, -0.1) is 11.0 Å². The molecule has 1 fully saturated rings. The first-order chi connectivity index (χ1) is 13.8. The van der Waals surface area contributed by atoms with Gasteiger partial charge < -0.3 is 4.90 Å². The molecule has 1 aliphatic rings. The fraction of sp³-hybridized carbons (Fsp3) is 0.143. The van der Waals surface area contributed by atoms with Crippen LogP contribution in [0.15, 0.2) is 81.5 Å². The van der Waals surface area contributed by atoms with Crippen molar-refractivity contribution in [2.24, 2.45) is 4.40 Å². The zero-order valence-electron chi connectivity index (χ0n) is 16.1. The van der Waals surface area contributed by atoms with Gasteiger partial charge in [0.1, 0.15) is 0 Å². The highest BCUT2D eigenvalue weighted by Crippen LogP contribution is 2.33. The maximum atomic E-state index is 12.8. The SMILES string of the molecule is C=CCN1C(=O)/C(=C/c2ccc(N(C)C)cc2)S/C1=N\S(=O)(=O)c1ccccc1. The second-order valence-electron chi connectivity index (χ2n) is 6.46. The molecular weight excluding hydrogens is 406 g/mol. The maximum Gasteiger partial charge on any atom is 0.284 e. The summed E-state index contributed by atoms with van der Waals surface area (Å²) in [6, 6.07) is 15.7. The number of hydrogen-bond acceptors (Lipinski definition) is 5. The van der Waals surface area contributed by atoms with Crippen LogP contribution in [-0.4, -0.2) is 45.0 Å². The Balaban J connectivity index is 1.95. The minimum atomic E-state index is -3.92. The van der Waals surface area contributed by atoms with E-state index in [9.17, 15) is 13.2 Å². The zero-order valence-corrected chi connectivity index (χ0v) is 17.8. The Kier molecular flexibility index (Phi) is 6.24. The molecule has 6 nitrogen and oxygen atoms in total. The van der Waals surface area contributed by atoms with Gasteiger partial charge in [0.15, 0.2) is 5.17 Å². The summed E-state index contributed by atoms with van der Waals surface area (Å²) >= 11 is 1.04. The van der Waals surface area contributed by atoms with E-state index in [1.165, 1.54) is 23.1 Å². The van der Waals surface area contributed by atoms with Gasteiger partial charge in [-0.1, -0.05) is 36.4 Å². The maximum absolute atomic E-state index is 12.8. The number of amidine groups is 1. The molecule has 8 heteroatoms. The Labute approximate surface area is 175 Å². The van der Waals surface area contributed by atoms with Crippen molar-refractivity contribution in [1.82, 2.24) is 4.90 Å². The Morgan fingerprint density at radius 3 is 2.34 bits per heavy atom. The summed E-state index contributed by atoms with van der Waals surface area (Å²) < 4.78 is 29.2. The molecule has 0 aromatic heterocycles. The predicted molar refractivity (Wildman–Crippen MR) is 119 cm³/mol. The normalized spacial score (nSPS) is 17.2. The molecule has 1 amide bonds. The number of benzene rings is 2. The average molecular weight is 428 g/mol. The lowest BCUT2D eigenvalue weighted by Gasteiger charge is -2.12. The average Bonchev–Trinajstić information content (AvgIpc) is 2.97. The summed E-state index contributed by atoms with van der Waals surface area (Å²) in [6.07, 6.45) is 3.28. The molecule has 0 bridgehead atoms. The van der Waals surface area contributed by atoms with Crippen molar-refractivity contribution in [3.8, 4) is 0 Å². The van der Waals surface area contributed by atoms with Gasteiger partial charge in [-0.3, -0.25) is 9.69 Å². The Morgan fingerprint density at radius 1 is 1.10 bits per heavy atom. The quantitative estimate of drug-likeness (QED) is 0.520. The topological polar surface area (TPSA) is 70.1 Å². The summed E-state index contributed by atoms with van der Waals surface area (Å²) in [6.45, 7) is 3.82. The standard InChI is InChI=1S/C21H21N3O3S2/c1-4-14-24-20(25)19(15-16-10-12-17(13-11-16)23(2)3)28-21(24)22-29(26,27)18-8-6-5-7-9-18/h4-13,15H,1,14H2,2-3H3/b19-15-,22-21-. The van der Waals surface area contributed by atoms with Crippen LogP contribution in [-0.2, 0) is 14.8 Å². The molecule has 2 aromatic carbocycles. The number of hydrogen-bond donors (Lipinski definition) is 0. The molecule has 0 unspecified atom stereocenters. The molecular formula is C21H21N3O3S2. The first-order valence-corrected chi connectivity index (χ1v) is 11.1. The van der Waals surface area contributed by atoms with E-state index in [0.29, 0.717) is 4.91 Å². The van der Waals surface area contributed by atoms with Crippen LogP contribution in [0.25, 0.3) is 6.08 Å². The van der Waals surface area contributed by atoms with Gasteiger partial charge in [0.05, 0.1) is 9.80 Å². The second-order valence-corrected chi connectivity index (χ2v) is 9.08. The number of thioether (sulfide) groups is 1. The highest BCUT2D eigenvalue weighted by atomic mass is 32.2. The predicted octanol–water partition coefficient (Wildman–Crippen LogP) is 3.60. The lowest BCUT2D eigenvalue weighted by Crippen LogP contribution is -2.29. The van der Waals surface area contributed by atoms with Gasteiger partial charge in [0.25, 0.3) is 15.9 Å². The van der Waals surface area contributed by atoms with E-state index in [0.717, 1.165) is 23.0 Å². The summed E-state index contributed by atoms with van der Waals surface area (Å²) in [5.41, 5.74) is 1.89. The Morgan fingerprint density at radius 2 is 1.76 bits per heavy atom. The number of nitrogens with zero attached hydrogens (tertiary/aromatic N) is 3. The van der Waals surface area contributed by atoms with Crippen molar-refractivity contribution >= 4 is 44.6 Å². The minimum absolute atomic E-state index is 0.0794. The van der Waals surface area contributed by atoms with Gasteiger partial charge in [-0.2, -0.15) is 8.42 Å². The summed E-state index contributed by atoms with van der Waals surface area (Å²) in [7, 11) is -0.0210. The van der Waals surface area contributed by atoms with Crippen molar-refractivity contribution in [2.45, 2.75) is 4.90 Å². The molecule has 29 heavy (non-hydrogen) atoms. The van der Waals surface area contributed by atoms with Crippen LogP contribution in [0.3, 0.4) is 0 Å². The molecule has 0 radical (unpaired) electrons. The van der Waals surface area contributed by atoms with Crippen molar-refractivity contribution in [2.75, 3.05) is 25.5 Å². The molecule has 2 aromatic rings. The summed E-state index contributed by atoms with van der Waals surface area (Å²) in [4.78, 5) is 16.6. The van der Waals surface area contributed by atoms with Crippen molar-refractivity contribution in [3.63, 3.8) is 0 Å². The second kappa shape index (κ2) is 8.67. The molecule has 1 heterocycles. The van der Waals surface area contributed by atoms with E-state index in [4.69, 9.17) is 0 Å². The van der Waals surface area contributed by atoms with Crippen molar-refractivity contribution < 1.29 is 13.2 Å². The van der Waals surface area contributed by atoms with Crippen molar-refractivity contribution in [3.05, 3.63) is 77.7 Å². The highest BCUT2D eigenvalue weighted by Gasteiger charge is 2.34. The van der Waals surface area contributed by atoms with Gasteiger partial charge in [-0.05, 0) is 47.7 Å². The van der Waals surface area contributed by atoms with Gasteiger partial charge in [0.2, 0.25) is 0 Å². The van der Waals surface area contributed by atoms with Crippen LogP contribution in [0.1, 0.15) is 5.56 Å². The number of amides is 1.